The number of nitrogens with two attached hydrogens (primary N) is 1. The number of rotatable bonds is 3. The summed E-state index contributed by atoms with van der Waals surface area (Å²) in [5.74, 6) is 0.705. The molecule has 1 aliphatic rings. The lowest BCUT2D eigenvalue weighted by molar-refractivity contribution is 0.00334. The van der Waals surface area contributed by atoms with Crippen molar-refractivity contribution >= 4 is 11.7 Å². The van der Waals surface area contributed by atoms with Crippen LogP contribution in [0.15, 0.2) is 11.2 Å². The number of aliphatic hydroxyl groups is 1. The molecule has 0 amide bonds. The minimum atomic E-state index is -0.244. The highest BCUT2D eigenvalue weighted by Crippen LogP contribution is 2.24. The highest BCUT2D eigenvalue weighted by molar-refractivity contribution is 6.02. The van der Waals surface area contributed by atoms with Gasteiger partial charge in [0.1, 0.15) is 5.82 Å². The van der Waals surface area contributed by atoms with E-state index in [-0.39, 0.29) is 18.5 Å². The number of pyridine rings is 1. The second-order valence-corrected chi connectivity index (χ2v) is 4.89. The number of anilines is 1. The van der Waals surface area contributed by atoms with Gasteiger partial charge in [0, 0.05) is 18.8 Å². The molecule has 1 fully saturated rings. The number of ether oxygens (including phenoxy) is 1. The lowest BCUT2D eigenvalue weighted by atomic mass is 10.1. The maximum absolute atomic E-state index is 9.23. The van der Waals surface area contributed by atoms with Crippen LogP contribution in [0.1, 0.15) is 16.8 Å². The summed E-state index contributed by atoms with van der Waals surface area (Å²) in [6.45, 7) is 5.44. The lowest BCUT2D eigenvalue weighted by Gasteiger charge is -2.34. The van der Waals surface area contributed by atoms with Crippen molar-refractivity contribution in [3.05, 3.63) is 22.9 Å². The van der Waals surface area contributed by atoms with Crippen LogP contribution in [-0.4, -0.2) is 53.5 Å². The van der Waals surface area contributed by atoms with E-state index in [4.69, 9.17) is 15.7 Å². The van der Waals surface area contributed by atoms with Gasteiger partial charge in [-0.1, -0.05) is 5.16 Å². The fourth-order valence-corrected chi connectivity index (χ4v) is 2.43. The smallest absolute Gasteiger partial charge is 0.174 e. The van der Waals surface area contributed by atoms with E-state index >= 15 is 0 Å². The van der Waals surface area contributed by atoms with Crippen LogP contribution in [-0.2, 0) is 4.74 Å². The van der Waals surface area contributed by atoms with E-state index in [0.717, 1.165) is 11.3 Å². The van der Waals surface area contributed by atoms with Gasteiger partial charge in [0.25, 0.3) is 0 Å². The van der Waals surface area contributed by atoms with Gasteiger partial charge in [-0.3, -0.25) is 0 Å². The van der Waals surface area contributed by atoms with Crippen molar-refractivity contribution in [2.24, 2.45) is 10.9 Å². The summed E-state index contributed by atoms with van der Waals surface area (Å²) in [6.07, 6.45) is -0.244. The van der Waals surface area contributed by atoms with Crippen LogP contribution in [0, 0.1) is 13.8 Å². The Kier molecular flexibility index (Phi) is 4.41. The fourth-order valence-electron chi connectivity index (χ4n) is 2.43. The van der Waals surface area contributed by atoms with Gasteiger partial charge in [-0.15, -0.1) is 0 Å². The molecule has 7 heteroatoms. The standard InChI is InChI=1S/C13H20N4O3/c1-8-5-9(2)15-13(11(8)12(14)16-19)17-3-4-20-10(6-17)7-18/h5,10,18-19H,3-4,6-7H2,1-2H3,(H2,14,16). The first kappa shape index (κ1) is 14.5. The van der Waals surface area contributed by atoms with Crippen molar-refractivity contribution in [1.29, 1.82) is 0 Å². The van der Waals surface area contributed by atoms with Gasteiger partial charge in [-0.2, -0.15) is 0 Å². The number of hydrogen-bond acceptors (Lipinski definition) is 6. The van der Waals surface area contributed by atoms with Gasteiger partial charge in [-0.25, -0.2) is 4.98 Å². The quantitative estimate of drug-likeness (QED) is 0.311. The van der Waals surface area contributed by atoms with Gasteiger partial charge in [0.2, 0.25) is 0 Å². The second-order valence-electron chi connectivity index (χ2n) is 4.89. The molecule has 0 radical (unpaired) electrons. The maximum atomic E-state index is 9.23. The largest absolute Gasteiger partial charge is 0.409 e. The van der Waals surface area contributed by atoms with E-state index in [1.165, 1.54) is 0 Å². The molecule has 1 unspecified atom stereocenters. The SMILES string of the molecule is Cc1cc(C)c(/C(N)=N/O)c(N2CCOC(CO)C2)n1. The van der Waals surface area contributed by atoms with E-state index in [1.54, 1.807) is 0 Å². The van der Waals surface area contributed by atoms with Gasteiger partial charge in [0.05, 0.1) is 24.9 Å². The number of oxime groups is 1. The Hall–Kier alpha value is -1.86. The average molecular weight is 280 g/mol. The highest BCUT2D eigenvalue weighted by Gasteiger charge is 2.25. The molecule has 2 heterocycles. The number of aryl methyl sites for hydroxylation is 2. The number of nitrogens with zero attached hydrogens (tertiary/aromatic N) is 3. The Morgan fingerprint density at radius 2 is 2.35 bits per heavy atom. The molecule has 1 saturated heterocycles. The minimum absolute atomic E-state index is 0.0389. The van der Waals surface area contributed by atoms with Gasteiger partial charge in [-0.05, 0) is 25.5 Å². The minimum Gasteiger partial charge on any atom is -0.409 e. The van der Waals surface area contributed by atoms with Crippen molar-refractivity contribution in [3.8, 4) is 0 Å². The highest BCUT2D eigenvalue weighted by atomic mass is 16.5. The molecule has 20 heavy (non-hydrogen) atoms. The topological polar surface area (TPSA) is 104 Å². The van der Waals surface area contributed by atoms with E-state index in [0.29, 0.717) is 31.1 Å². The molecule has 4 N–H and O–H groups in total. The summed E-state index contributed by atoms with van der Waals surface area (Å²) < 4.78 is 5.44. The third-order valence-electron chi connectivity index (χ3n) is 3.33. The molecule has 0 bridgehead atoms. The Morgan fingerprint density at radius 3 is 3.00 bits per heavy atom. The molecule has 1 aliphatic heterocycles. The predicted molar refractivity (Wildman–Crippen MR) is 75.3 cm³/mol. The summed E-state index contributed by atoms with van der Waals surface area (Å²) >= 11 is 0. The van der Waals surface area contributed by atoms with E-state index in [1.807, 2.05) is 24.8 Å². The first-order valence-corrected chi connectivity index (χ1v) is 6.50. The molecule has 1 atom stereocenters. The molecule has 2 rings (SSSR count). The number of amidine groups is 1. The van der Waals surface area contributed by atoms with Crippen molar-refractivity contribution in [2.45, 2.75) is 20.0 Å². The summed E-state index contributed by atoms with van der Waals surface area (Å²) in [5.41, 5.74) is 8.15. The molecule has 110 valence electrons. The monoisotopic (exact) mass is 280 g/mol. The van der Waals surface area contributed by atoms with Crippen LogP contribution in [0.5, 0.6) is 0 Å². The van der Waals surface area contributed by atoms with Crippen LogP contribution in [0.4, 0.5) is 5.82 Å². The summed E-state index contributed by atoms with van der Waals surface area (Å²) in [7, 11) is 0. The average Bonchev–Trinajstić information content (AvgIpc) is 2.45. The Labute approximate surface area is 117 Å². The Bertz CT molecular complexity index is 519. The van der Waals surface area contributed by atoms with Crippen LogP contribution < -0.4 is 10.6 Å². The third-order valence-corrected chi connectivity index (χ3v) is 3.33. The van der Waals surface area contributed by atoms with Crippen molar-refractivity contribution in [2.75, 3.05) is 31.2 Å². The molecule has 1 aromatic rings. The molecular weight excluding hydrogens is 260 g/mol. The molecule has 1 aromatic heterocycles. The summed E-state index contributed by atoms with van der Waals surface area (Å²) in [4.78, 5) is 6.51. The van der Waals surface area contributed by atoms with Crippen molar-refractivity contribution in [3.63, 3.8) is 0 Å². The lowest BCUT2D eigenvalue weighted by Crippen LogP contribution is -2.45. The number of hydrogen-bond donors (Lipinski definition) is 3. The third kappa shape index (κ3) is 2.83. The normalized spacial score (nSPS) is 20.2. The fraction of sp³-hybridized carbons (Fsp3) is 0.538. The zero-order chi connectivity index (χ0) is 14.7. The van der Waals surface area contributed by atoms with Crippen LogP contribution in [0.25, 0.3) is 0 Å². The number of aliphatic hydroxyl groups excluding tert-OH is 1. The second kappa shape index (κ2) is 6.06. The Balaban J connectivity index is 2.44. The van der Waals surface area contributed by atoms with Gasteiger partial charge >= 0.3 is 0 Å². The van der Waals surface area contributed by atoms with Crippen molar-refractivity contribution in [1.82, 2.24) is 4.98 Å². The predicted octanol–water partition coefficient (Wildman–Crippen LogP) is -0.00956. The molecule has 7 nitrogen and oxygen atoms in total. The summed E-state index contributed by atoms with van der Waals surface area (Å²) in [5, 5.41) is 21.3. The molecule has 0 aromatic carbocycles. The molecule has 0 saturated carbocycles. The van der Waals surface area contributed by atoms with E-state index in [9.17, 15) is 5.11 Å². The molecule has 0 spiro atoms. The van der Waals surface area contributed by atoms with Crippen LogP contribution in [0.3, 0.4) is 0 Å². The zero-order valence-corrected chi connectivity index (χ0v) is 11.7. The van der Waals surface area contributed by atoms with Gasteiger partial charge < -0.3 is 25.7 Å². The van der Waals surface area contributed by atoms with Crippen molar-refractivity contribution < 1.29 is 15.1 Å². The Morgan fingerprint density at radius 1 is 1.60 bits per heavy atom. The van der Waals surface area contributed by atoms with Gasteiger partial charge in [0.15, 0.2) is 5.84 Å². The number of aromatic nitrogens is 1. The van der Waals surface area contributed by atoms with E-state index < -0.39 is 0 Å². The molecular formula is C13H20N4O3. The zero-order valence-electron chi connectivity index (χ0n) is 11.7. The molecule has 0 aliphatic carbocycles. The maximum Gasteiger partial charge on any atom is 0.174 e. The van der Waals surface area contributed by atoms with E-state index in [2.05, 4.69) is 10.1 Å². The number of morpholine rings is 1. The first-order chi connectivity index (χ1) is 9.56. The first-order valence-electron chi connectivity index (χ1n) is 6.50. The van der Waals surface area contributed by atoms with Crippen LogP contribution >= 0.6 is 0 Å². The summed E-state index contributed by atoms with van der Waals surface area (Å²) in [6, 6.07) is 1.89. The van der Waals surface area contributed by atoms with Crippen LogP contribution in [0.2, 0.25) is 0 Å².